The predicted octanol–water partition coefficient (Wildman–Crippen LogP) is 14.7. The molecular weight excluding hydrogens is 669 g/mol. The average Bonchev–Trinajstić information content (AvgIpc) is 3.88. The van der Waals surface area contributed by atoms with Crippen molar-refractivity contribution in [3.63, 3.8) is 0 Å². The highest BCUT2D eigenvalue weighted by Gasteiger charge is 2.18. The first-order valence-electron chi connectivity index (χ1n) is 17.6. The lowest BCUT2D eigenvalue weighted by molar-refractivity contribution is 1.18. The van der Waals surface area contributed by atoms with E-state index in [1.165, 1.54) is 79.0 Å². The second-order valence-electron chi connectivity index (χ2n) is 13.4. The molecule has 2 nitrogen and oxygen atoms in total. The Kier molecular flexibility index (Phi) is 6.63. The van der Waals surface area contributed by atoms with Crippen LogP contribution in [0.3, 0.4) is 0 Å². The SMILES string of the molecule is c1ccc(-n2c3ccccc3c3cc(-c4ccc(N(c5ccc6sc7ccccc7c6c5)c5ccc6sc7ccccc7c6c5)cc4)ccc32)cc1. The van der Waals surface area contributed by atoms with Crippen molar-refractivity contribution < 1.29 is 0 Å². The van der Waals surface area contributed by atoms with Crippen molar-refractivity contribution in [1.29, 1.82) is 0 Å². The summed E-state index contributed by atoms with van der Waals surface area (Å²) in [6, 6.07) is 66.7. The van der Waals surface area contributed by atoms with Gasteiger partial charge in [-0.25, -0.2) is 0 Å². The standard InChI is InChI=1S/C48H30N2S2/c1-2-10-33(11-3-1)50-43-15-7-4-12-37(43)40-28-32(20-25-44(40)50)31-18-21-34(22-19-31)49(35-23-26-47-41(29-35)38-13-5-8-16-45(38)51-47)36-24-27-48-42(30-36)39-14-6-9-17-46(39)52-48/h1-30H. The van der Waals surface area contributed by atoms with Crippen LogP contribution < -0.4 is 4.90 Å². The molecule has 0 bridgehead atoms. The summed E-state index contributed by atoms with van der Waals surface area (Å²) in [6.45, 7) is 0. The average molecular weight is 699 g/mol. The molecule has 0 atom stereocenters. The van der Waals surface area contributed by atoms with Crippen LogP contribution in [0.4, 0.5) is 17.1 Å². The number of benzene rings is 8. The molecule has 52 heavy (non-hydrogen) atoms. The van der Waals surface area contributed by atoms with Gasteiger partial charge in [0, 0.05) is 73.9 Å². The molecule has 4 heteroatoms. The third-order valence-corrected chi connectivity index (χ3v) is 12.7. The molecule has 3 aromatic heterocycles. The monoisotopic (exact) mass is 698 g/mol. The molecule has 0 radical (unpaired) electrons. The van der Waals surface area contributed by atoms with Gasteiger partial charge in [-0.15, -0.1) is 22.7 Å². The second kappa shape index (κ2) is 11.7. The van der Waals surface area contributed by atoms with Crippen molar-refractivity contribution in [1.82, 2.24) is 4.57 Å². The Morgan fingerprint density at radius 2 is 0.827 bits per heavy atom. The van der Waals surface area contributed by atoms with Gasteiger partial charge in [-0.3, -0.25) is 0 Å². The van der Waals surface area contributed by atoms with Crippen molar-refractivity contribution in [3.05, 3.63) is 182 Å². The Labute approximate surface area is 308 Å². The normalized spacial score (nSPS) is 11.8. The zero-order valence-corrected chi connectivity index (χ0v) is 29.7. The van der Waals surface area contributed by atoms with Crippen LogP contribution in [0.25, 0.3) is 79.0 Å². The molecule has 0 saturated heterocycles. The van der Waals surface area contributed by atoms with E-state index in [2.05, 4.69) is 191 Å². The van der Waals surface area contributed by atoms with Gasteiger partial charge in [0.05, 0.1) is 11.0 Å². The lowest BCUT2D eigenvalue weighted by atomic mass is 10.0. The number of para-hydroxylation sites is 2. The van der Waals surface area contributed by atoms with E-state index in [1.54, 1.807) is 0 Å². The van der Waals surface area contributed by atoms with Crippen molar-refractivity contribution in [2.24, 2.45) is 0 Å². The van der Waals surface area contributed by atoms with Crippen molar-refractivity contribution in [2.75, 3.05) is 4.90 Å². The Hall–Kier alpha value is -6.20. The number of thiophene rings is 2. The highest BCUT2D eigenvalue weighted by molar-refractivity contribution is 7.26. The number of aromatic nitrogens is 1. The molecule has 0 aliphatic rings. The Balaban J connectivity index is 1.06. The molecular formula is C48H30N2S2. The summed E-state index contributed by atoms with van der Waals surface area (Å²) in [4.78, 5) is 2.41. The predicted molar refractivity (Wildman–Crippen MR) is 227 cm³/mol. The van der Waals surface area contributed by atoms with Gasteiger partial charge in [0.25, 0.3) is 0 Å². The molecule has 0 spiro atoms. The van der Waals surface area contributed by atoms with Crippen LogP contribution in [0, 0.1) is 0 Å². The Bertz CT molecular complexity index is 3020. The first-order chi connectivity index (χ1) is 25.8. The Morgan fingerprint density at radius 1 is 0.327 bits per heavy atom. The lowest BCUT2D eigenvalue weighted by Gasteiger charge is -2.26. The molecule has 11 aromatic rings. The van der Waals surface area contributed by atoms with Gasteiger partial charge in [-0.1, -0.05) is 91.0 Å². The van der Waals surface area contributed by atoms with Gasteiger partial charge in [-0.05, 0) is 102 Å². The van der Waals surface area contributed by atoms with Gasteiger partial charge in [0.1, 0.15) is 0 Å². The summed E-state index contributed by atoms with van der Waals surface area (Å²) in [5.41, 5.74) is 9.44. The maximum Gasteiger partial charge on any atom is 0.0541 e. The van der Waals surface area contributed by atoms with Gasteiger partial charge >= 0.3 is 0 Å². The van der Waals surface area contributed by atoms with E-state index < -0.39 is 0 Å². The molecule has 0 aliphatic heterocycles. The maximum atomic E-state index is 2.41. The number of hydrogen-bond donors (Lipinski definition) is 0. The van der Waals surface area contributed by atoms with Crippen LogP contribution in [0.15, 0.2) is 182 Å². The minimum atomic E-state index is 1.13. The third kappa shape index (κ3) is 4.62. The van der Waals surface area contributed by atoms with Crippen LogP contribution in [-0.4, -0.2) is 4.57 Å². The molecule has 0 amide bonds. The smallest absolute Gasteiger partial charge is 0.0541 e. The number of fused-ring (bicyclic) bond motifs is 9. The summed E-state index contributed by atoms with van der Waals surface area (Å²) >= 11 is 3.72. The highest BCUT2D eigenvalue weighted by atomic mass is 32.1. The number of anilines is 3. The molecule has 11 rings (SSSR count). The minimum absolute atomic E-state index is 1.13. The highest BCUT2D eigenvalue weighted by Crippen LogP contribution is 2.44. The topological polar surface area (TPSA) is 8.17 Å². The summed E-state index contributed by atoms with van der Waals surface area (Å²) in [5, 5.41) is 7.73. The largest absolute Gasteiger partial charge is 0.310 e. The molecule has 244 valence electrons. The quantitative estimate of drug-likeness (QED) is 0.174. The molecule has 8 aromatic carbocycles. The van der Waals surface area contributed by atoms with E-state index in [9.17, 15) is 0 Å². The van der Waals surface area contributed by atoms with E-state index in [1.807, 2.05) is 22.7 Å². The molecule has 0 saturated carbocycles. The molecule has 3 heterocycles. The van der Waals surface area contributed by atoms with Crippen LogP contribution in [-0.2, 0) is 0 Å². The van der Waals surface area contributed by atoms with Crippen LogP contribution in [0.2, 0.25) is 0 Å². The zero-order chi connectivity index (χ0) is 34.2. The third-order valence-electron chi connectivity index (χ3n) is 10.4. The van der Waals surface area contributed by atoms with Gasteiger partial charge in [0.2, 0.25) is 0 Å². The first kappa shape index (κ1) is 29.5. The van der Waals surface area contributed by atoms with Gasteiger partial charge in [-0.2, -0.15) is 0 Å². The summed E-state index contributed by atoms with van der Waals surface area (Å²) < 4.78 is 7.63. The summed E-state index contributed by atoms with van der Waals surface area (Å²) in [7, 11) is 0. The maximum absolute atomic E-state index is 2.41. The molecule has 0 fully saturated rings. The van der Waals surface area contributed by atoms with Gasteiger partial charge < -0.3 is 9.47 Å². The second-order valence-corrected chi connectivity index (χ2v) is 15.5. The van der Waals surface area contributed by atoms with Crippen molar-refractivity contribution in [3.8, 4) is 16.8 Å². The molecule has 0 N–H and O–H groups in total. The molecule has 0 unspecified atom stereocenters. The van der Waals surface area contributed by atoms with Crippen LogP contribution >= 0.6 is 22.7 Å². The lowest BCUT2D eigenvalue weighted by Crippen LogP contribution is -2.09. The van der Waals surface area contributed by atoms with E-state index >= 15 is 0 Å². The van der Waals surface area contributed by atoms with Crippen molar-refractivity contribution in [2.45, 2.75) is 0 Å². The van der Waals surface area contributed by atoms with Crippen molar-refractivity contribution >= 4 is 102 Å². The van der Waals surface area contributed by atoms with Crippen LogP contribution in [0.5, 0.6) is 0 Å². The fraction of sp³-hybridized carbons (Fsp3) is 0. The van der Waals surface area contributed by atoms with E-state index in [4.69, 9.17) is 0 Å². The number of rotatable bonds is 5. The van der Waals surface area contributed by atoms with E-state index in [0.29, 0.717) is 0 Å². The Morgan fingerprint density at radius 3 is 1.48 bits per heavy atom. The number of nitrogens with zero attached hydrogens (tertiary/aromatic N) is 2. The fourth-order valence-corrected chi connectivity index (χ4v) is 10.1. The summed E-state index contributed by atoms with van der Waals surface area (Å²) in [6.07, 6.45) is 0. The fourth-order valence-electron chi connectivity index (χ4n) is 7.96. The van der Waals surface area contributed by atoms with Gasteiger partial charge in [0.15, 0.2) is 0 Å². The van der Waals surface area contributed by atoms with E-state index in [-0.39, 0.29) is 0 Å². The van der Waals surface area contributed by atoms with E-state index in [0.717, 1.165) is 17.1 Å². The molecule has 0 aliphatic carbocycles. The number of hydrogen-bond acceptors (Lipinski definition) is 3. The summed E-state index contributed by atoms with van der Waals surface area (Å²) in [5.74, 6) is 0. The minimum Gasteiger partial charge on any atom is -0.310 e. The first-order valence-corrected chi connectivity index (χ1v) is 19.2. The van der Waals surface area contributed by atoms with Crippen LogP contribution in [0.1, 0.15) is 0 Å². The zero-order valence-electron chi connectivity index (χ0n) is 28.0.